The van der Waals surface area contributed by atoms with Crippen LogP contribution in [0.4, 0.5) is 0 Å². The Hall–Kier alpha value is -1.10. The van der Waals surface area contributed by atoms with E-state index >= 15 is 0 Å². The third kappa shape index (κ3) is 12.8. The second-order valence-corrected chi connectivity index (χ2v) is 5.07. The number of carbonyl (C=O) groups is 2. The Morgan fingerprint density at radius 1 is 1.18 bits per heavy atom. The first-order valence-electron chi connectivity index (χ1n) is 6.08. The van der Waals surface area contributed by atoms with Crippen molar-refractivity contribution in [1.29, 1.82) is 0 Å². The third-order valence-corrected chi connectivity index (χ3v) is 2.26. The molecule has 5 heteroatoms. The molecule has 0 aliphatic carbocycles. The van der Waals surface area contributed by atoms with Gasteiger partial charge in [-0.3, -0.25) is 9.59 Å². The van der Waals surface area contributed by atoms with Crippen LogP contribution in [-0.4, -0.2) is 29.1 Å². The molecule has 0 spiro atoms. The molecule has 0 heterocycles. The molecule has 0 aliphatic heterocycles. The van der Waals surface area contributed by atoms with Crippen LogP contribution < -0.4 is 11.1 Å². The molecule has 0 aromatic rings. The Morgan fingerprint density at radius 2 is 1.76 bits per heavy atom. The second-order valence-electron chi connectivity index (χ2n) is 5.07. The molecule has 0 rings (SSSR count). The maximum atomic E-state index is 11.4. The molecule has 17 heavy (non-hydrogen) atoms. The SMILES string of the molecule is CC(C)(N)CC(=O)NCCCCCCC(=O)O. The van der Waals surface area contributed by atoms with Gasteiger partial charge in [0.2, 0.25) is 5.91 Å². The molecule has 100 valence electrons. The molecule has 0 fully saturated rings. The Labute approximate surface area is 103 Å². The first-order chi connectivity index (χ1) is 7.81. The fourth-order valence-corrected chi connectivity index (χ4v) is 1.46. The lowest BCUT2D eigenvalue weighted by atomic mass is 10.0. The summed E-state index contributed by atoms with van der Waals surface area (Å²) in [6, 6.07) is 0. The predicted molar refractivity (Wildman–Crippen MR) is 66.6 cm³/mol. The zero-order valence-electron chi connectivity index (χ0n) is 10.8. The van der Waals surface area contributed by atoms with Crippen LogP contribution in [0.25, 0.3) is 0 Å². The van der Waals surface area contributed by atoms with E-state index in [2.05, 4.69) is 5.32 Å². The fourth-order valence-electron chi connectivity index (χ4n) is 1.46. The molecule has 0 atom stereocenters. The molecule has 0 aliphatic rings. The minimum Gasteiger partial charge on any atom is -0.481 e. The summed E-state index contributed by atoms with van der Waals surface area (Å²) in [5, 5.41) is 11.2. The average Bonchev–Trinajstić information content (AvgIpc) is 2.12. The van der Waals surface area contributed by atoms with Crippen LogP contribution in [0.5, 0.6) is 0 Å². The lowest BCUT2D eigenvalue weighted by molar-refractivity contribution is -0.137. The summed E-state index contributed by atoms with van der Waals surface area (Å²) in [6.07, 6.45) is 3.99. The highest BCUT2D eigenvalue weighted by atomic mass is 16.4. The molecule has 0 aromatic heterocycles. The Balaban J connectivity index is 3.34. The van der Waals surface area contributed by atoms with E-state index in [9.17, 15) is 9.59 Å². The first kappa shape index (κ1) is 15.9. The van der Waals surface area contributed by atoms with E-state index in [0.717, 1.165) is 19.3 Å². The van der Waals surface area contributed by atoms with Gasteiger partial charge in [0.25, 0.3) is 0 Å². The Kier molecular flexibility index (Phi) is 7.54. The van der Waals surface area contributed by atoms with E-state index < -0.39 is 11.5 Å². The molecule has 0 saturated carbocycles. The topological polar surface area (TPSA) is 92.4 Å². The quantitative estimate of drug-likeness (QED) is 0.532. The molecule has 0 radical (unpaired) electrons. The molecule has 0 saturated heterocycles. The van der Waals surface area contributed by atoms with Crippen molar-refractivity contribution in [3.8, 4) is 0 Å². The van der Waals surface area contributed by atoms with Crippen molar-refractivity contribution in [2.45, 2.75) is 57.9 Å². The van der Waals surface area contributed by atoms with Gasteiger partial charge in [0.1, 0.15) is 0 Å². The zero-order valence-corrected chi connectivity index (χ0v) is 10.8. The van der Waals surface area contributed by atoms with Gasteiger partial charge in [-0.2, -0.15) is 0 Å². The molecular weight excluding hydrogens is 220 g/mol. The standard InChI is InChI=1S/C12H24N2O3/c1-12(2,13)9-10(15)14-8-6-4-3-5-7-11(16)17/h3-9,13H2,1-2H3,(H,14,15)(H,16,17). The monoisotopic (exact) mass is 244 g/mol. The van der Waals surface area contributed by atoms with E-state index in [-0.39, 0.29) is 12.3 Å². The fraction of sp³-hybridized carbons (Fsp3) is 0.833. The number of aliphatic carboxylic acids is 1. The van der Waals surface area contributed by atoms with Crippen molar-refractivity contribution in [3.05, 3.63) is 0 Å². The van der Waals surface area contributed by atoms with Crippen LogP contribution in [0.2, 0.25) is 0 Å². The van der Waals surface area contributed by atoms with Crippen molar-refractivity contribution in [3.63, 3.8) is 0 Å². The van der Waals surface area contributed by atoms with Crippen molar-refractivity contribution < 1.29 is 14.7 Å². The van der Waals surface area contributed by atoms with Crippen molar-refractivity contribution in [2.75, 3.05) is 6.54 Å². The van der Waals surface area contributed by atoms with Gasteiger partial charge >= 0.3 is 5.97 Å². The Morgan fingerprint density at radius 3 is 2.29 bits per heavy atom. The van der Waals surface area contributed by atoms with Crippen LogP contribution in [0.3, 0.4) is 0 Å². The van der Waals surface area contributed by atoms with Crippen molar-refractivity contribution in [2.24, 2.45) is 5.73 Å². The van der Waals surface area contributed by atoms with Gasteiger partial charge < -0.3 is 16.2 Å². The van der Waals surface area contributed by atoms with E-state index in [1.54, 1.807) is 0 Å². The maximum Gasteiger partial charge on any atom is 0.303 e. The van der Waals surface area contributed by atoms with Gasteiger partial charge in [-0.25, -0.2) is 0 Å². The maximum absolute atomic E-state index is 11.4. The van der Waals surface area contributed by atoms with Gasteiger partial charge in [0, 0.05) is 24.9 Å². The second kappa shape index (κ2) is 8.06. The van der Waals surface area contributed by atoms with E-state index in [1.807, 2.05) is 13.8 Å². The van der Waals surface area contributed by atoms with E-state index in [4.69, 9.17) is 10.8 Å². The summed E-state index contributed by atoms with van der Waals surface area (Å²) in [5.41, 5.74) is 5.25. The van der Waals surface area contributed by atoms with Crippen molar-refractivity contribution >= 4 is 11.9 Å². The van der Waals surface area contributed by atoms with Gasteiger partial charge in [-0.05, 0) is 26.7 Å². The summed E-state index contributed by atoms with van der Waals surface area (Å²) in [4.78, 5) is 21.6. The lowest BCUT2D eigenvalue weighted by Gasteiger charge is -2.17. The largest absolute Gasteiger partial charge is 0.481 e. The molecule has 0 bridgehead atoms. The number of nitrogens with one attached hydrogen (secondary N) is 1. The molecule has 0 unspecified atom stereocenters. The number of carboxylic acid groups (broad SMARTS) is 1. The molecule has 5 nitrogen and oxygen atoms in total. The summed E-state index contributed by atoms with van der Waals surface area (Å²) < 4.78 is 0. The number of nitrogens with two attached hydrogens (primary N) is 1. The van der Waals surface area contributed by atoms with Gasteiger partial charge in [-0.1, -0.05) is 12.8 Å². The minimum absolute atomic E-state index is 0.0250. The zero-order chi connectivity index (χ0) is 13.3. The average molecular weight is 244 g/mol. The van der Waals surface area contributed by atoms with E-state index in [0.29, 0.717) is 19.4 Å². The normalized spacial score (nSPS) is 11.2. The summed E-state index contributed by atoms with van der Waals surface area (Å²) >= 11 is 0. The summed E-state index contributed by atoms with van der Waals surface area (Å²) in [5.74, 6) is -0.772. The van der Waals surface area contributed by atoms with Gasteiger partial charge in [-0.15, -0.1) is 0 Å². The van der Waals surface area contributed by atoms with Crippen LogP contribution in [0, 0.1) is 0 Å². The molecular formula is C12H24N2O3. The number of amides is 1. The molecule has 4 N–H and O–H groups in total. The van der Waals surface area contributed by atoms with Crippen LogP contribution >= 0.6 is 0 Å². The predicted octanol–water partition coefficient (Wildman–Crippen LogP) is 1.27. The number of carbonyl (C=O) groups excluding carboxylic acids is 1. The minimum atomic E-state index is -0.747. The van der Waals surface area contributed by atoms with Gasteiger partial charge in [0.15, 0.2) is 0 Å². The summed E-state index contributed by atoms with van der Waals surface area (Å²) in [6.45, 7) is 4.28. The van der Waals surface area contributed by atoms with Gasteiger partial charge in [0.05, 0.1) is 0 Å². The Bertz CT molecular complexity index is 247. The third-order valence-electron chi connectivity index (χ3n) is 2.26. The lowest BCUT2D eigenvalue weighted by Crippen LogP contribution is -2.39. The highest BCUT2D eigenvalue weighted by molar-refractivity contribution is 5.76. The van der Waals surface area contributed by atoms with Crippen LogP contribution in [-0.2, 0) is 9.59 Å². The number of hydrogen-bond donors (Lipinski definition) is 3. The molecule has 0 aromatic carbocycles. The molecule has 1 amide bonds. The van der Waals surface area contributed by atoms with Crippen molar-refractivity contribution in [1.82, 2.24) is 5.32 Å². The number of unbranched alkanes of at least 4 members (excludes halogenated alkanes) is 3. The highest BCUT2D eigenvalue weighted by Gasteiger charge is 2.15. The van der Waals surface area contributed by atoms with E-state index in [1.165, 1.54) is 0 Å². The smallest absolute Gasteiger partial charge is 0.303 e. The number of rotatable bonds is 9. The van der Waals surface area contributed by atoms with Crippen LogP contribution in [0.15, 0.2) is 0 Å². The van der Waals surface area contributed by atoms with Crippen LogP contribution in [0.1, 0.15) is 52.4 Å². The number of hydrogen-bond acceptors (Lipinski definition) is 3. The summed E-state index contributed by atoms with van der Waals surface area (Å²) in [7, 11) is 0. The number of carboxylic acids is 1. The first-order valence-corrected chi connectivity index (χ1v) is 6.08. The highest BCUT2D eigenvalue weighted by Crippen LogP contribution is 2.04.